The molecule has 32 heavy (non-hydrogen) atoms. The Hall–Kier alpha value is -2.63. The fourth-order valence-electron chi connectivity index (χ4n) is 3.02. The van der Waals surface area contributed by atoms with Crippen molar-refractivity contribution in [1.82, 2.24) is 10.2 Å². The Morgan fingerprint density at radius 1 is 1.16 bits per heavy atom. The monoisotopic (exact) mass is 492 g/mol. The lowest BCUT2D eigenvalue weighted by atomic mass is 10.2. The zero-order valence-electron chi connectivity index (χ0n) is 17.9. The number of carbonyl (C=O) groups excluding carboxylic acids is 1. The average Bonchev–Trinajstić information content (AvgIpc) is 3.23. The Balaban J connectivity index is 1.73. The van der Waals surface area contributed by atoms with Gasteiger partial charge in [-0.2, -0.15) is 0 Å². The molecule has 170 valence electrons. The highest BCUT2D eigenvalue weighted by molar-refractivity contribution is 8.00. The zero-order chi connectivity index (χ0) is 23.1. The summed E-state index contributed by atoms with van der Waals surface area (Å²) in [4.78, 5) is 13.0. The van der Waals surface area contributed by atoms with Crippen LogP contribution in [0.5, 0.6) is 5.75 Å². The smallest absolute Gasteiger partial charge is 0.250 e. The van der Waals surface area contributed by atoms with Crippen LogP contribution in [-0.2, 0) is 20.6 Å². The van der Waals surface area contributed by atoms with Crippen molar-refractivity contribution in [3.8, 4) is 5.75 Å². The molecule has 11 heteroatoms. The molecule has 0 bridgehead atoms. The minimum absolute atomic E-state index is 0.277. The number of sulfonamides is 1. The minimum atomic E-state index is -3.73. The Labute approximate surface area is 196 Å². The first-order valence-corrected chi connectivity index (χ1v) is 13.4. The molecule has 3 rings (SSSR count). The number of nitrogens with one attached hydrogen (secondary N) is 1. The number of anilines is 2. The molecule has 1 atom stereocenters. The molecule has 1 amide bonds. The van der Waals surface area contributed by atoms with Gasteiger partial charge in [-0.25, -0.2) is 8.42 Å². The molecule has 2 aromatic carbocycles. The van der Waals surface area contributed by atoms with E-state index in [1.165, 1.54) is 30.2 Å². The fraction of sp³-hybridized carbons (Fsp3) is 0.286. The number of ether oxygens (including phenoxy) is 1. The summed E-state index contributed by atoms with van der Waals surface area (Å²) < 4.78 is 32.1. The van der Waals surface area contributed by atoms with E-state index in [9.17, 15) is 13.2 Å². The molecule has 0 unspecified atom stereocenters. The highest BCUT2D eigenvalue weighted by Gasteiger charge is 2.32. The number of benzene rings is 2. The Bertz CT molecular complexity index is 1140. The van der Waals surface area contributed by atoms with Gasteiger partial charge in [0, 0.05) is 5.75 Å². The molecule has 0 saturated heterocycles. The van der Waals surface area contributed by atoms with Crippen LogP contribution in [0.1, 0.15) is 18.9 Å². The molecule has 0 spiro atoms. The van der Waals surface area contributed by atoms with Gasteiger partial charge in [-0.15, -0.1) is 10.2 Å². The second kappa shape index (κ2) is 10.8. The van der Waals surface area contributed by atoms with E-state index in [2.05, 4.69) is 15.5 Å². The first-order chi connectivity index (χ1) is 15.3. The summed E-state index contributed by atoms with van der Waals surface area (Å²) in [6, 6.07) is 15.6. The van der Waals surface area contributed by atoms with Crippen LogP contribution in [-0.4, -0.2) is 43.9 Å². The molecule has 3 aromatic rings. The molecule has 0 fully saturated rings. The Kier molecular flexibility index (Phi) is 8.10. The van der Waals surface area contributed by atoms with Gasteiger partial charge in [0.2, 0.25) is 21.1 Å². The molecular weight excluding hydrogens is 468 g/mol. The van der Waals surface area contributed by atoms with Gasteiger partial charge in [0.15, 0.2) is 4.34 Å². The van der Waals surface area contributed by atoms with Gasteiger partial charge in [-0.3, -0.25) is 14.4 Å². The van der Waals surface area contributed by atoms with Gasteiger partial charge >= 0.3 is 0 Å². The lowest BCUT2D eigenvalue weighted by Crippen LogP contribution is -2.46. The molecule has 0 radical (unpaired) electrons. The maximum atomic E-state index is 13.0. The van der Waals surface area contributed by atoms with Crippen molar-refractivity contribution >= 4 is 49.8 Å². The lowest BCUT2D eigenvalue weighted by molar-refractivity contribution is -0.117. The van der Waals surface area contributed by atoms with E-state index in [1.54, 1.807) is 31.2 Å². The van der Waals surface area contributed by atoms with Crippen LogP contribution in [0.25, 0.3) is 0 Å². The average molecular weight is 493 g/mol. The number of nitrogens with zero attached hydrogens (tertiary/aromatic N) is 3. The zero-order valence-corrected chi connectivity index (χ0v) is 20.3. The summed E-state index contributed by atoms with van der Waals surface area (Å²) in [5, 5.41) is 11.2. The first-order valence-electron chi connectivity index (χ1n) is 9.76. The van der Waals surface area contributed by atoms with E-state index < -0.39 is 22.0 Å². The molecule has 1 heterocycles. The lowest BCUT2D eigenvalue weighted by Gasteiger charge is -2.29. The van der Waals surface area contributed by atoms with Gasteiger partial charge in [-0.05, 0) is 36.2 Å². The van der Waals surface area contributed by atoms with Crippen molar-refractivity contribution < 1.29 is 17.9 Å². The summed E-state index contributed by atoms with van der Waals surface area (Å²) >= 11 is 2.77. The summed E-state index contributed by atoms with van der Waals surface area (Å²) in [6.45, 7) is 1.76. The van der Waals surface area contributed by atoms with Crippen LogP contribution in [0.4, 0.5) is 10.8 Å². The van der Waals surface area contributed by atoms with Gasteiger partial charge < -0.3 is 4.74 Å². The van der Waals surface area contributed by atoms with Crippen LogP contribution in [0.3, 0.4) is 0 Å². The highest BCUT2D eigenvalue weighted by atomic mass is 32.2. The third-order valence-corrected chi connectivity index (χ3v) is 7.72. The maximum absolute atomic E-state index is 13.0. The molecule has 1 N–H and O–H groups in total. The molecule has 1 aromatic heterocycles. The summed E-state index contributed by atoms with van der Waals surface area (Å²) in [7, 11) is -2.20. The standard InChI is InChI=1S/C21H24N4O4S3/c1-4-18(25(32(3,27)28)16-10-12-17(29-2)13-11-16)19(26)22-20-23-24-21(31-20)30-14-15-8-6-5-7-9-15/h5-13,18H,4,14H2,1-3H3,(H,22,23,26)/t18-/m1/s1. The van der Waals surface area contributed by atoms with Crippen LogP contribution in [0.2, 0.25) is 0 Å². The number of rotatable bonds is 10. The summed E-state index contributed by atoms with van der Waals surface area (Å²) in [5.74, 6) is 0.860. The number of aromatic nitrogens is 2. The normalized spacial score (nSPS) is 12.2. The van der Waals surface area contributed by atoms with Crippen molar-refractivity contribution in [2.45, 2.75) is 29.5 Å². The number of hydrogen-bond acceptors (Lipinski definition) is 8. The molecule has 8 nitrogen and oxygen atoms in total. The van der Waals surface area contributed by atoms with Crippen molar-refractivity contribution in [2.24, 2.45) is 0 Å². The quantitative estimate of drug-likeness (QED) is 0.337. The van der Waals surface area contributed by atoms with Crippen molar-refractivity contribution in [3.05, 3.63) is 60.2 Å². The van der Waals surface area contributed by atoms with E-state index in [4.69, 9.17) is 4.74 Å². The molecule has 0 aliphatic rings. The largest absolute Gasteiger partial charge is 0.497 e. The SMILES string of the molecule is CC[C@H](C(=O)Nc1nnc(SCc2ccccc2)s1)N(c1ccc(OC)cc1)S(C)(=O)=O. The predicted octanol–water partition coefficient (Wildman–Crippen LogP) is 4.02. The van der Waals surface area contributed by atoms with E-state index in [-0.39, 0.29) is 6.42 Å². The van der Waals surface area contributed by atoms with Crippen LogP contribution in [0.15, 0.2) is 58.9 Å². The number of methoxy groups -OCH3 is 1. The van der Waals surface area contributed by atoms with Crippen molar-refractivity contribution in [3.63, 3.8) is 0 Å². The summed E-state index contributed by atoms with van der Waals surface area (Å²) in [5.41, 5.74) is 1.54. The van der Waals surface area contributed by atoms with Gasteiger partial charge in [0.05, 0.1) is 19.1 Å². The third-order valence-electron chi connectivity index (χ3n) is 4.50. The third kappa shape index (κ3) is 6.21. The van der Waals surface area contributed by atoms with E-state index in [0.717, 1.165) is 21.9 Å². The van der Waals surface area contributed by atoms with E-state index in [1.807, 2.05) is 30.3 Å². The predicted molar refractivity (Wildman–Crippen MR) is 129 cm³/mol. The molecule has 0 saturated carbocycles. The number of carbonyl (C=O) groups is 1. The van der Waals surface area contributed by atoms with E-state index in [0.29, 0.717) is 20.9 Å². The highest BCUT2D eigenvalue weighted by Crippen LogP contribution is 2.29. The minimum Gasteiger partial charge on any atom is -0.497 e. The van der Waals surface area contributed by atoms with Crippen molar-refractivity contribution in [1.29, 1.82) is 0 Å². The van der Waals surface area contributed by atoms with Crippen LogP contribution < -0.4 is 14.4 Å². The maximum Gasteiger partial charge on any atom is 0.250 e. The van der Waals surface area contributed by atoms with Crippen LogP contribution >= 0.6 is 23.1 Å². The topological polar surface area (TPSA) is 101 Å². The molecular formula is C21H24N4O4S3. The number of thioether (sulfide) groups is 1. The van der Waals surface area contributed by atoms with Crippen LogP contribution in [0, 0.1) is 0 Å². The number of amides is 1. The van der Waals surface area contributed by atoms with Gasteiger partial charge in [0.25, 0.3) is 0 Å². The molecule has 0 aliphatic heterocycles. The van der Waals surface area contributed by atoms with E-state index >= 15 is 0 Å². The second-order valence-corrected chi connectivity index (χ2v) is 10.9. The van der Waals surface area contributed by atoms with Gasteiger partial charge in [0.1, 0.15) is 11.8 Å². The molecule has 0 aliphatic carbocycles. The van der Waals surface area contributed by atoms with Gasteiger partial charge in [-0.1, -0.05) is 60.4 Å². The summed E-state index contributed by atoms with van der Waals surface area (Å²) in [6.07, 6.45) is 1.36. The first kappa shape index (κ1) is 24.0. The fourth-order valence-corrected chi connectivity index (χ4v) is 5.94. The Morgan fingerprint density at radius 3 is 2.44 bits per heavy atom. The second-order valence-electron chi connectivity index (χ2n) is 6.82. The Morgan fingerprint density at radius 2 is 1.84 bits per heavy atom. The van der Waals surface area contributed by atoms with Crippen molar-refractivity contribution in [2.75, 3.05) is 23.0 Å². The number of hydrogen-bond donors (Lipinski definition) is 1.